The Bertz CT molecular complexity index is 1470. The third-order valence-electron chi connectivity index (χ3n) is 7.79. The number of hydrogen-bond donors (Lipinski definition) is 1. The molecule has 5 heteroatoms. The largest absolute Gasteiger partial charge is 0.322 e. The Morgan fingerprint density at radius 3 is 2.47 bits per heavy atom. The van der Waals surface area contributed by atoms with Crippen LogP contribution in [0.2, 0.25) is 0 Å². The smallest absolute Gasteiger partial charge is 0.258 e. The lowest BCUT2D eigenvalue weighted by molar-refractivity contribution is 0.102. The van der Waals surface area contributed by atoms with Crippen LogP contribution in [0.4, 0.5) is 11.4 Å². The summed E-state index contributed by atoms with van der Waals surface area (Å²) in [6.45, 7) is 10.8. The van der Waals surface area contributed by atoms with Gasteiger partial charge in [0.15, 0.2) is 0 Å². The van der Waals surface area contributed by atoms with Crippen molar-refractivity contribution in [3.05, 3.63) is 98.7 Å². The van der Waals surface area contributed by atoms with E-state index < -0.39 is 0 Å². The number of amides is 1. The molecular formula is C33H37N3OS. The highest BCUT2D eigenvalue weighted by atomic mass is 32.1. The second-order valence-corrected chi connectivity index (χ2v) is 11.6. The highest BCUT2D eigenvalue weighted by molar-refractivity contribution is 7.15. The van der Waals surface area contributed by atoms with Gasteiger partial charge < -0.3 is 9.88 Å². The van der Waals surface area contributed by atoms with Crippen molar-refractivity contribution in [2.75, 3.05) is 5.32 Å². The van der Waals surface area contributed by atoms with Crippen LogP contribution in [0, 0.1) is 20.8 Å². The molecule has 2 aromatic carbocycles. The average molecular weight is 524 g/mol. The van der Waals surface area contributed by atoms with Gasteiger partial charge in [0.2, 0.25) is 0 Å². The molecule has 1 N–H and O–H groups in total. The van der Waals surface area contributed by atoms with Crippen LogP contribution in [-0.4, -0.2) is 16.7 Å². The molecule has 38 heavy (non-hydrogen) atoms. The summed E-state index contributed by atoms with van der Waals surface area (Å²) in [5, 5.41) is 4.19. The SMILES string of the molecule is CC[C@H](C)c1ccc(N=Cc2cc(C)n(-c3sc4c(c3C(=O)Nc3ccc(C)cc3)CCCC4)c2C)cc1. The van der Waals surface area contributed by atoms with Crippen LogP contribution in [0.25, 0.3) is 5.00 Å². The second-order valence-electron chi connectivity index (χ2n) is 10.5. The van der Waals surface area contributed by atoms with Gasteiger partial charge in [-0.05, 0) is 100 Å². The van der Waals surface area contributed by atoms with Crippen LogP contribution in [0.3, 0.4) is 0 Å². The highest BCUT2D eigenvalue weighted by Gasteiger charge is 2.28. The van der Waals surface area contributed by atoms with Gasteiger partial charge in [0.1, 0.15) is 5.00 Å². The van der Waals surface area contributed by atoms with Crippen molar-refractivity contribution in [3.63, 3.8) is 0 Å². The first-order valence-electron chi connectivity index (χ1n) is 13.7. The van der Waals surface area contributed by atoms with Gasteiger partial charge >= 0.3 is 0 Å². The number of aliphatic imine (C=N–C) groups is 1. The fourth-order valence-electron chi connectivity index (χ4n) is 5.27. The maximum absolute atomic E-state index is 13.7. The monoisotopic (exact) mass is 523 g/mol. The van der Waals surface area contributed by atoms with E-state index in [0.717, 1.165) is 64.6 Å². The summed E-state index contributed by atoms with van der Waals surface area (Å²) in [6.07, 6.45) is 7.41. The summed E-state index contributed by atoms with van der Waals surface area (Å²) in [5.41, 5.74) is 9.65. The third kappa shape index (κ3) is 5.25. The van der Waals surface area contributed by atoms with Crippen molar-refractivity contribution >= 4 is 34.8 Å². The quantitative estimate of drug-likeness (QED) is 0.242. The van der Waals surface area contributed by atoms with E-state index in [1.165, 1.54) is 28.0 Å². The molecule has 2 aromatic heterocycles. The molecule has 1 aliphatic carbocycles. The predicted molar refractivity (Wildman–Crippen MR) is 161 cm³/mol. The van der Waals surface area contributed by atoms with Gasteiger partial charge in [-0.2, -0.15) is 0 Å². The summed E-state index contributed by atoms with van der Waals surface area (Å²) in [6, 6.07) is 18.7. The second kappa shape index (κ2) is 11.1. The number of nitrogens with zero attached hydrogens (tertiary/aromatic N) is 2. The summed E-state index contributed by atoms with van der Waals surface area (Å²) >= 11 is 1.78. The number of aromatic nitrogens is 1. The lowest BCUT2D eigenvalue weighted by Gasteiger charge is -2.14. The van der Waals surface area contributed by atoms with E-state index in [2.05, 4.69) is 74.8 Å². The lowest BCUT2D eigenvalue weighted by Crippen LogP contribution is -2.17. The van der Waals surface area contributed by atoms with Crippen LogP contribution in [0.5, 0.6) is 0 Å². The average Bonchev–Trinajstić information content (AvgIpc) is 3.44. The maximum Gasteiger partial charge on any atom is 0.258 e. The van der Waals surface area contributed by atoms with Gasteiger partial charge in [-0.15, -0.1) is 11.3 Å². The summed E-state index contributed by atoms with van der Waals surface area (Å²) in [4.78, 5) is 19.9. The zero-order valence-corrected chi connectivity index (χ0v) is 23.9. The predicted octanol–water partition coefficient (Wildman–Crippen LogP) is 8.86. The molecule has 196 valence electrons. The number of carbonyl (C=O) groups is 1. The number of benzene rings is 2. The van der Waals surface area contributed by atoms with E-state index in [-0.39, 0.29) is 5.91 Å². The minimum atomic E-state index is -0.0210. The minimum Gasteiger partial charge on any atom is -0.322 e. The number of rotatable bonds is 7. The fourth-order valence-corrected chi connectivity index (χ4v) is 6.77. The Morgan fingerprint density at radius 2 is 1.76 bits per heavy atom. The van der Waals surface area contributed by atoms with Gasteiger partial charge in [0.25, 0.3) is 5.91 Å². The molecule has 0 saturated carbocycles. The van der Waals surface area contributed by atoms with Crippen LogP contribution >= 0.6 is 11.3 Å². The normalized spacial score (nSPS) is 14.0. The molecule has 0 spiro atoms. The molecule has 0 unspecified atom stereocenters. The standard InChI is InChI=1S/C33H37N3OS/c1-6-22(3)25-13-17-27(18-14-25)34-20-26-19-23(4)36(24(26)5)33-31(29-9-7-8-10-30(29)38-33)32(37)35-28-15-11-21(2)12-16-28/h11-20,22H,6-10H2,1-5H3,(H,35,37)/t22-/m0/s1. The Kier molecular flexibility index (Phi) is 7.66. The van der Waals surface area contributed by atoms with Crippen LogP contribution < -0.4 is 5.32 Å². The Labute approximate surface area is 230 Å². The van der Waals surface area contributed by atoms with Crippen molar-refractivity contribution in [1.82, 2.24) is 4.57 Å². The van der Waals surface area contributed by atoms with E-state index in [1.54, 1.807) is 11.3 Å². The first-order chi connectivity index (χ1) is 18.4. The molecule has 1 aliphatic rings. The summed E-state index contributed by atoms with van der Waals surface area (Å²) < 4.78 is 2.25. The third-order valence-corrected chi connectivity index (χ3v) is 9.07. The first kappa shape index (κ1) is 26.2. The molecule has 0 fully saturated rings. The van der Waals surface area contributed by atoms with E-state index in [9.17, 15) is 4.79 Å². The van der Waals surface area contributed by atoms with E-state index in [4.69, 9.17) is 4.99 Å². The molecular weight excluding hydrogens is 486 g/mol. The zero-order chi connectivity index (χ0) is 26.8. The fraction of sp³-hybridized carbons (Fsp3) is 0.333. The molecule has 2 heterocycles. The Hall–Kier alpha value is -3.44. The molecule has 0 radical (unpaired) electrons. The van der Waals surface area contributed by atoms with Crippen molar-refractivity contribution < 1.29 is 4.79 Å². The molecule has 1 atom stereocenters. The topological polar surface area (TPSA) is 46.4 Å². The maximum atomic E-state index is 13.7. The number of aryl methyl sites for hydroxylation is 3. The van der Waals surface area contributed by atoms with Crippen LogP contribution in [0.15, 0.2) is 59.6 Å². The zero-order valence-electron chi connectivity index (χ0n) is 23.1. The number of carbonyl (C=O) groups excluding carboxylic acids is 1. The van der Waals surface area contributed by atoms with E-state index >= 15 is 0 Å². The first-order valence-corrected chi connectivity index (χ1v) is 14.5. The van der Waals surface area contributed by atoms with Gasteiger partial charge in [0, 0.05) is 33.7 Å². The Balaban J connectivity index is 1.49. The lowest BCUT2D eigenvalue weighted by atomic mass is 9.95. The Morgan fingerprint density at radius 1 is 1.05 bits per heavy atom. The number of hydrogen-bond acceptors (Lipinski definition) is 3. The number of anilines is 1. The minimum absolute atomic E-state index is 0.0210. The van der Waals surface area contributed by atoms with Gasteiger partial charge in [-0.25, -0.2) is 0 Å². The van der Waals surface area contributed by atoms with Crippen LogP contribution in [0.1, 0.15) is 87.9 Å². The summed E-state index contributed by atoms with van der Waals surface area (Å²) in [5.74, 6) is 0.536. The van der Waals surface area contributed by atoms with Gasteiger partial charge in [-0.1, -0.05) is 43.7 Å². The molecule has 1 amide bonds. The molecule has 0 saturated heterocycles. The van der Waals surface area contributed by atoms with E-state index in [1.807, 2.05) is 30.5 Å². The molecule has 4 aromatic rings. The highest BCUT2D eigenvalue weighted by Crippen LogP contribution is 2.39. The van der Waals surface area contributed by atoms with Crippen molar-refractivity contribution in [2.24, 2.45) is 4.99 Å². The summed E-state index contributed by atoms with van der Waals surface area (Å²) in [7, 11) is 0. The van der Waals surface area contributed by atoms with Crippen molar-refractivity contribution in [2.45, 2.75) is 72.6 Å². The molecule has 0 bridgehead atoms. The van der Waals surface area contributed by atoms with Crippen LogP contribution in [-0.2, 0) is 12.8 Å². The van der Waals surface area contributed by atoms with Gasteiger partial charge in [-0.3, -0.25) is 9.79 Å². The molecule has 0 aliphatic heterocycles. The number of fused-ring (bicyclic) bond motifs is 1. The van der Waals surface area contributed by atoms with E-state index in [0.29, 0.717) is 5.92 Å². The van der Waals surface area contributed by atoms with Crippen molar-refractivity contribution in [3.8, 4) is 5.00 Å². The van der Waals surface area contributed by atoms with Gasteiger partial charge in [0.05, 0.1) is 11.3 Å². The number of thiophene rings is 1. The molecule has 4 nitrogen and oxygen atoms in total. The molecule has 5 rings (SSSR count). The number of nitrogens with one attached hydrogen (secondary N) is 1. The van der Waals surface area contributed by atoms with Crippen molar-refractivity contribution in [1.29, 1.82) is 0 Å².